The third-order valence-corrected chi connectivity index (χ3v) is 12.7. The number of aliphatic hydroxyl groups is 3. The number of hydrogen-bond donors (Lipinski definition) is 4. The smallest absolute Gasteiger partial charge is 0.337 e. The van der Waals surface area contributed by atoms with Gasteiger partial charge in [-0.1, -0.05) is 98.6 Å². The van der Waals surface area contributed by atoms with Gasteiger partial charge in [-0.15, -0.1) is 0 Å². The number of esters is 2. The molecule has 63 heavy (non-hydrogen) atoms. The van der Waals surface area contributed by atoms with Gasteiger partial charge in [0.15, 0.2) is 0 Å². The minimum absolute atomic E-state index is 0.0628. The summed E-state index contributed by atoms with van der Waals surface area (Å²) in [5.41, 5.74) is 17.2. The van der Waals surface area contributed by atoms with Crippen LogP contribution in [0.5, 0.6) is 0 Å². The number of benzene rings is 5. The van der Waals surface area contributed by atoms with Crippen LogP contribution in [0.4, 0.5) is 0 Å². The molecular weight excluding hydrogens is 928 g/mol. The van der Waals surface area contributed by atoms with Crippen LogP contribution in [-0.4, -0.2) is 52.3 Å². The molecule has 12 heteroatoms. The van der Waals surface area contributed by atoms with Gasteiger partial charge in [-0.2, -0.15) is 0 Å². The number of ether oxygens (including phenoxy) is 2. The standard InChI is InChI=1S/C11H13NO2.C11H12O2.C10H10Br2O2.C10H12O.C9H11NO/c1-8(14)12-5-10-3-2-9(7-13)4-11(10)6-12;1-13-11(12)10-6-5-8-3-2-4-9(8)7-10;1-14-10(13)7-2-3-8(5-11)9(4-7)6-12;11-7-8-4-5-9-2-1-3-10(9)6-8;11-6-7-1-2-8-4-10-5-9(8)3-7/h2-4,13H,5-7H2,1H3;5-7H,2-4H2,1H3;2-4H,5-6H2,1H3;4-6,11H,1-3,7H2;1-3,10-11H,4-6H2. The molecule has 2 heterocycles. The van der Waals surface area contributed by atoms with E-state index in [4.69, 9.17) is 15.3 Å². The summed E-state index contributed by atoms with van der Waals surface area (Å²) in [5, 5.41) is 31.5. The summed E-state index contributed by atoms with van der Waals surface area (Å²) in [7, 11) is 2.80. The number of rotatable bonds is 7. The summed E-state index contributed by atoms with van der Waals surface area (Å²) < 4.78 is 9.30. The first-order chi connectivity index (χ1) is 30.5. The van der Waals surface area contributed by atoms with E-state index in [-0.39, 0.29) is 37.7 Å². The Kier molecular flexibility index (Phi) is 19.6. The molecular formula is C51H58Br2N2O8. The highest BCUT2D eigenvalue weighted by atomic mass is 79.9. The summed E-state index contributed by atoms with van der Waals surface area (Å²) in [5.74, 6) is -0.435. The highest BCUT2D eigenvalue weighted by Gasteiger charge is 2.21. The number of aliphatic hydroxyl groups excluding tert-OH is 3. The average molecular weight is 987 g/mol. The summed E-state index contributed by atoms with van der Waals surface area (Å²) in [4.78, 5) is 35.4. The molecule has 4 aliphatic rings. The zero-order valence-corrected chi connectivity index (χ0v) is 39.5. The number of hydrogen-bond acceptors (Lipinski definition) is 9. The van der Waals surface area contributed by atoms with Crippen molar-refractivity contribution in [2.24, 2.45) is 0 Å². The number of carbonyl (C=O) groups excluding carboxylic acids is 3. The van der Waals surface area contributed by atoms with Crippen LogP contribution in [0.1, 0.15) is 113 Å². The Labute approximate surface area is 387 Å². The molecule has 2 aliphatic heterocycles. The van der Waals surface area contributed by atoms with Crippen LogP contribution < -0.4 is 5.32 Å². The molecule has 0 fully saturated rings. The molecule has 4 N–H and O–H groups in total. The predicted octanol–water partition coefficient (Wildman–Crippen LogP) is 8.72. The maximum absolute atomic E-state index is 11.2. The molecule has 0 aromatic heterocycles. The molecule has 9 rings (SSSR count). The van der Waals surface area contributed by atoms with Crippen molar-refractivity contribution < 1.29 is 39.2 Å². The van der Waals surface area contributed by atoms with E-state index in [2.05, 4.69) is 70.9 Å². The van der Waals surface area contributed by atoms with E-state index in [0.717, 1.165) is 64.4 Å². The SMILES string of the molecule is CC(=O)N1Cc2ccc(CO)cc2C1.COC(=O)c1ccc(CBr)c(CBr)c1.COC(=O)c1ccc2c(c1)CCC2.OCc1ccc2c(c1)CCC2.OCc1ccc2c(c1)CNC2. The van der Waals surface area contributed by atoms with Crippen molar-refractivity contribution in [2.45, 2.75) is 102 Å². The van der Waals surface area contributed by atoms with E-state index >= 15 is 0 Å². The van der Waals surface area contributed by atoms with Crippen LogP contribution in [0.25, 0.3) is 0 Å². The molecule has 0 spiro atoms. The Morgan fingerprint density at radius 3 is 1.54 bits per heavy atom. The summed E-state index contributed by atoms with van der Waals surface area (Å²) in [6, 6.07) is 29.7. The second-order valence-electron chi connectivity index (χ2n) is 15.7. The number of nitrogens with zero attached hydrogens (tertiary/aromatic N) is 1. The molecule has 0 saturated carbocycles. The monoisotopic (exact) mass is 984 g/mol. The summed E-state index contributed by atoms with van der Waals surface area (Å²) in [6.45, 7) is 5.27. The van der Waals surface area contributed by atoms with E-state index in [9.17, 15) is 14.4 Å². The number of halogens is 2. The van der Waals surface area contributed by atoms with Gasteiger partial charge >= 0.3 is 11.9 Å². The summed E-state index contributed by atoms with van der Waals surface area (Å²) in [6.07, 6.45) is 7.16. The Bertz CT molecular complexity index is 2290. The lowest BCUT2D eigenvalue weighted by molar-refractivity contribution is -0.129. The first-order valence-corrected chi connectivity index (χ1v) is 23.4. The van der Waals surface area contributed by atoms with Gasteiger partial charge < -0.3 is 35.0 Å². The topological polar surface area (TPSA) is 146 Å². The van der Waals surface area contributed by atoms with Crippen molar-refractivity contribution in [1.82, 2.24) is 10.2 Å². The molecule has 0 bridgehead atoms. The Morgan fingerprint density at radius 2 is 0.984 bits per heavy atom. The van der Waals surface area contributed by atoms with E-state index in [1.54, 1.807) is 17.9 Å². The van der Waals surface area contributed by atoms with Crippen molar-refractivity contribution in [2.75, 3.05) is 14.2 Å². The van der Waals surface area contributed by atoms with Crippen LogP contribution >= 0.6 is 31.9 Å². The van der Waals surface area contributed by atoms with Crippen LogP contribution in [0, 0.1) is 0 Å². The van der Waals surface area contributed by atoms with Crippen LogP contribution in [0.2, 0.25) is 0 Å². The molecule has 0 atom stereocenters. The Hall–Kier alpha value is -4.69. The zero-order chi connectivity index (χ0) is 45.3. The zero-order valence-electron chi connectivity index (χ0n) is 36.4. The molecule has 0 saturated heterocycles. The lowest BCUT2D eigenvalue weighted by Crippen LogP contribution is -2.21. The number of methoxy groups -OCH3 is 2. The fourth-order valence-corrected chi connectivity index (χ4v) is 8.95. The summed E-state index contributed by atoms with van der Waals surface area (Å²) >= 11 is 6.77. The molecule has 5 aromatic rings. The fourth-order valence-electron chi connectivity index (χ4n) is 7.88. The molecule has 1 amide bonds. The average Bonchev–Trinajstić information content (AvgIpc) is 4.17. The van der Waals surface area contributed by atoms with E-state index < -0.39 is 0 Å². The minimum Gasteiger partial charge on any atom is -0.465 e. The second kappa shape index (κ2) is 25.0. The first kappa shape index (κ1) is 49.3. The minimum atomic E-state index is -0.298. The van der Waals surface area contributed by atoms with Crippen LogP contribution in [0.15, 0.2) is 91.0 Å². The van der Waals surface area contributed by atoms with Crippen molar-refractivity contribution in [3.63, 3.8) is 0 Å². The van der Waals surface area contributed by atoms with Gasteiger partial charge in [0.2, 0.25) is 5.91 Å². The molecule has 0 unspecified atom stereocenters. The van der Waals surface area contributed by atoms with Gasteiger partial charge in [0.05, 0.1) is 45.2 Å². The maximum Gasteiger partial charge on any atom is 0.337 e. The van der Waals surface area contributed by atoms with Gasteiger partial charge in [0.1, 0.15) is 0 Å². The second-order valence-corrected chi connectivity index (χ2v) is 16.8. The van der Waals surface area contributed by atoms with Gasteiger partial charge in [0, 0.05) is 43.8 Å². The van der Waals surface area contributed by atoms with Crippen molar-refractivity contribution >= 4 is 49.7 Å². The van der Waals surface area contributed by atoms with Gasteiger partial charge in [-0.25, -0.2) is 9.59 Å². The first-order valence-electron chi connectivity index (χ1n) is 21.2. The molecule has 10 nitrogen and oxygen atoms in total. The quantitative estimate of drug-likeness (QED) is 0.0930. The van der Waals surface area contributed by atoms with E-state index in [1.165, 1.54) is 84.4 Å². The number of fused-ring (bicyclic) bond motifs is 4. The van der Waals surface area contributed by atoms with Crippen molar-refractivity contribution in [3.05, 3.63) is 174 Å². The van der Waals surface area contributed by atoms with Crippen LogP contribution in [0.3, 0.4) is 0 Å². The fraction of sp³-hybridized carbons (Fsp3) is 0.353. The molecule has 334 valence electrons. The van der Waals surface area contributed by atoms with Gasteiger partial charge in [-0.3, -0.25) is 4.79 Å². The third kappa shape index (κ3) is 13.9. The molecule has 2 aliphatic carbocycles. The van der Waals surface area contributed by atoms with Crippen molar-refractivity contribution in [1.29, 1.82) is 0 Å². The lowest BCUT2D eigenvalue weighted by Gasteiger charge is -2.10. The molecule has 5 aromatic carbocycles. The number of amides is 1. The highest BCUT2D eigenvalue weighted by Crippen LogP contribution is 2.26. The number of aryl methyl sites for hydroxylation is 4. The largest absolute Gasteiger partial charge is 0.465 e. The van der Waals surface area contributed by atoms with E-state index in [1.807, 2.05) is 60.7 Å². The normalized spacial score (nSPS) is 13.5. The Morgan fingerprint density at radius 1 is 0.540 bits per heavy atom. The molecule has 0 radical (unpaired) electrons. The number of carbonyl (C=O) groups is 3. The van der Waals surface area contributed by atoms with Gasteiger partial charge in [0.25, 0.3) is 0 Å². The third-order valence-electron chi connectivity index (χ3n) is 11.5. The van der Waals surface area contributed by atoms with Gasteiger partial charge in [-0.05, 0) is 135 Å². The Balaban J connectivity index is 0.000000149. The van der Waals surface area contributed by atoms with Crippen molar-refractivity contribution in [3.8, 4) is 0 Å². The number of alkyl halides is 2. The predicted molar refractivity (Wildman–Crippen MR) is 252 cm³/mol. The highest BCUT2D eigenvalue weighted by molar-refractivity contribution is 9.09. The van der Waals surface area contributed by atoms with E-state index in [0.29, 0.717) is 24.2 Å². The number of nitrogens with one attached hydrogen (secondary N) is 1. The van der Waals surface area contributed by atoms with Crippen LogP contribution in [-0.2, 0) is 96.6 Å². The maximum atomic E-state index is 11.2. The lowest BCUT2D eigenvalue weighted by atomic mass is 10.1.